The summed E-state index contributed by atoms with van der Waals surface area (Å²) in [5.41, 5.74) is 3.33. The highest BCUT2D eigenvalue weighted by Crippen LogP contribution is 2.33. The lowest BCUT2D eigenvalue weighted by Gasteiger charge is -2.15. The van der Waals surface area contributed by atoms with E-state index in [0.717, 1.165) is 17.7 Å². The predicted molar refractivity (Wildman–Crippen MR) is 89.4 cm³/mol. The zero-order valence-corrected chi connectivity index (χ0v) is 13.8. The molecule has 0 heterocycles. The summed E-state index contributed by atoms with van der Waals surface area (Å²) in [7, 11) is 0. The molecule has 0 aliphatic rings. The second kappa shape index (κ2) is 7.69. The average Bonchev–Trinajstić information content (AvgIpc) is 2.45. The summed E-state index contributed by atoms with van der Waals surface area (Å²) in [5, 5.41) is 4.44. The molecule has 0 bridgehead atoms. The van der Waals surface area contributed by atoms with E-state index in [1.807, 2.05) is 18.2 Å². The van der Waals surface area contributed by atoms with Crippen molar-refractivity contribution < 1.29 is 4.74 Å². The molecule has 2 aromatic rings. The maximum atomic E-state index is 6.28. The van der Waals surface area contributed by atoms with Gasteiger partial charge >= 0.3 is 0 Å². The molecule has 0 aliphatic heterocycles. The highest BCUT2D eigenvalue weighted by molar-refractivity contribution is 6.35. The van der Waals surface area contributed by atoms with Gasteiger partial charge in [-0.1, -0.05) is 54.4 Å². The molecule has 0 spiro atoms. The van der Waals surface area contributed by atoms with E-state index in [9.17, 15) is 0 Å². The number of ether oxygens (including phenoxy) is 1. The van der Waals surface area contributed by atoms with Crippen molar-refractivity contribution >= 4 is 23.2 Å². The Morgan fingerprint density at radius 2 is 1.86 bits per heavy atom. The van der Waals surface area contributed by atoms with E-state index in [1.54, 1.807) is 6.07 Å². The van der Waals surface area contributed by atoms with E-state index in [-0.39, 0.29) is 0 Å². The first-order chi connectivity index (χ1) is 10.1. The number of hydrogen-bond donors (Lipinski definition) is 1. The molecule has 0 fully saturated rings. The van der Waals surface area contributed by atoms with Crippen molar-refractivity contribution in [2.75, 3.05) is 6.54 Å². The van der Waals surface area contributed by atoms with Crippen molar-refractivity contribution in [3.8, 4) is 5.75 Å². The van der Waals surface area contributed by atoms with Crippen molar-refractivity contribution in [1.82, 2.24) is 5.32 Å². The first-order valence-corrected chi connectivity index (χ1v) is 7.73. The van der Waals surface area contributed by atoms with E-state index >= 15 is 0 Å². The molecule has 2 nitrogen and oxygen atoms in total. The van der Waals surface area contributed by atoms with Gasteiger partial charge in [-0.3, -0.25) is 0 Å². The second-order valence-corrected chi connectivity index (χ2v) is 5.71. The van der Waals surface area contributed by atoms with Crippen molar-refractivity contribution in [2.45, 2.75) is 27.0 Å². The molecule has 2 rings (SSSR count). The summed E-state index contributed by atoms with van der Waals surface area (Å²) >= 11 is 12.4. The summed E-state index contributed by atoms with van der Waals surface area (Å²) in [6, 6.07) is 11.8. The number of hydrogen-bond acceptors (Lipinski definition) is 2. The summed E-state index contributed by atoms with van der Waals surface area (Å²) in [6.07, 6.45) is 0. The zero-order chi connectivity index (χ0) is 15.2. The van der Waals surface area contributed by atoms with Gasteiger partial charge in [-0.2, -0.15) is 0 Å². The Bertz CT molecular complexity index is 614. The minimum absolute atomic E-state index is 0.493. The van der Waals surface area contributed by atoms with Crippen LogP contribution in [0.2, 0.25) is 10.0 Å². The Labute approximate surface area is 136 Å². The van der Waals surface area contributed by atoms with Crippen LogP contribution >= 0.6 is 23.2 Å². The van der Waals surface area contributed by atoms with Crippen LogP contribution in [0.1, 0.15) is 23.6 Å². The van der Waals surface area contributed by atoms with Gasteiger partial charge in [0.05, 0.1) is 5.02 Å². The summed E-state index contributed by atoms with van der Waals surface area (Å²) in [5.74, 6) is 0.699. The van der Waals surface area contributed by atoms with Gasteiger partial charge in [0.15, 0.2) is 0 Å². The third kappa shape index (κ3) is 4.37. The molecule has 1 N–H and O–H groups in total. The van der Waals surface area contributed by atoms with Crippen LogP contribution in [0.15, 0.2) is 36.4 Å². The maximum Gasteiger partial charge on any atom is 0.142 e. The lowest BCUT2D eigenvalue weighted by molar-refractivity contribution is 0.301. The van der Waals surface area contributed by atoms with Crippen LogP contribution in [0, 0.1) is 6.92 Å². The minimum Gasteiger partial charge on any atom is -0.487 e. The van der Waals surface area contributed by atoms with Crippen LogP contribution in [-0.4, -0.2) is 6.54 Å². The molecule has 0 saturated carbocycles. The molecule has 0 unspecified atom stereocenters. The molecule has 0 atom stereocenters. The Morgan fingerprint density at radius 3 is 2.57 bits per heavy atom. The van der Waals surface area contributed by atoms with Gasteiger partial charge in [-0.15, -0.1) is 0 Å². The second-order valence-electron chi connectivity index (χ2n) is 4.87. The Balaban J connectivity index is 2.20. The fourth-order valence-electron chi connectivity index (χ4n) is 2.09. The van der Waals surface area contributed by atoms with Gasteiger partial charge in [0.1, 0.15) is 12.4 Å². The van der Waals surface area contributed by atoms with Crippen LogP contribution in [0.3, 0.4) is 0 Å². The van der Waals surface area contributed by atoms with Crippen molar-refractivity contribution in [3.05, 3.63) is 63.1 Å². The van der Waals surface area contributed by atoms with Crippen molar-refractivity contribution in [3.63, 3.8) is 0 Å². The molecule has 4 heteroatoms. The highest BCUT2D eigenvalue weighted by Gasteiger charge is 2.11. The smallest absolute Gasteiger partial charge is 0.142 e. The van der Waals surface area contributed by atoms with Gasteiger partial charge in [-0.05, 0) is 36.7 Å². The molecule has 0 aromatic heterocycles. The molecule has 0 saturated heterocycles. The SMILES string of the molecule is CCNCc1cc(Cl)cc(Cl)c1OCc1ccccc1C. The lowest BCUT2D eigenvalue weighted by Crippen LogP contribution is -2.13. The molecular weight excluding hydrogens is 305 g/mol. The van der Waals surface area contributed by atoms with E-state index in [1.165, 1.54) is 5.56 Å². The average molecular weight is 324 g/mol. The van der Waals surface area contributed by atoms with Gasteiger partial charge in [0.25, 0.3) is 0 Å². The van der Waals surface area contributed by atoms with Crippen molar-refractivity contribution in [1.29, 1.82) is 0 Å². The Morgan fingerprint density at radius 1 is 1.10 bits per heavy atom. The van der Waals surface area contributed by atoms with Crippen molar-refractivity contribution in [2.24, 2.45) is 0 Å². The first-order valence-electron chi connectivity index (χ1n) is 6.97. The van der Waals surface area contributed by atoms with E-state index in [4.69, 9.17) is 27.9 Å². The fourth-order valence-corrected chi connectivity index (χ4v) is 2.68. The van der Waals surface area contributed by atoms with Crippen LogP contribution in [0.4, 0.5) is 0 Å². The van der Waals surface area contributed by atoms with E-state index in [0.29, 0.717) is 28.9 Å². The molecule has 2 aromatic carbocycles. The molecule has 0 radical (unpaired) electrons. The summed E-state index contributed by atoms with van der Waals surface area (Å²) < 4.78 is 5.96. The largest absolute Gasteiger partial charge is 0.487 e. The molecule has 112 valence electrons. The fraction of sp³-hybridized carbons (Fsp3) is 0.294. The number of benzene rings is 2. The van der Waals surface area contributed by atoms with Crippen LogP contribution in [0.5, 0.6) is 5.75 Å². The van der Waals surface area contributed by atoms with E-state index < -0.39 is 0 Å². The van der Waals surface area contributed by atoms with Crippen LogP contribution in [0.25, 0.3) is 0 Å². The first kappa shape index (κ1) is 16.2. The standard InChI is InChI=1S/C17H19Cl2NO/c1-3-20-10-14-8-15(18)9-16(19)17(14)21-11-13-7-5-4-6-12(13)2/h4-9,20H,3,10-11H2,1-2H3. The monoisotopic (exact) mass is 323 g/mol. The number of aryl methyl sites for hydroxylation is 1. The van der Waals surface area contributed by atoms with Crippen LogP contribution < -0.4 is 10.1 Å². The molecule has 0 aliphatic carbocycles. The summed E-state index contributed by atoms with van der Waals surface area (Å²) in [6.45, 7) is 6.18. The van der Waals surface area contributed by atoms with Gasteiger partial charge in [0, 0.05) is 17.1 Å². The molecule has 0 amide bonds. The minimum atomic E-state index is 0.493. The molecular formula is C17H19Cl2NO. The quantitative estimate of drug-likeness (QED) is 0.808. The van der Waals surface area contributed by atoms with E-state index in [2.05, 4.69) is 31.3 Å². The summed E-state index contributed by atoms with van der Waals surface area (Å²) in [4.78, 5) is 0. The third-order valence-corrected chi connectivity index (χ3v) is 3.78. The highest BCUT2D eigenvalue weighted by atomic mass is 35.5. The number of halogens is 2. The predicted octanol–water partition coefficient (Wildman–Crippen LogP) is 4.99. The Hall–Kier alpha value is -1.22. The zero-order valence-electron chi connectivity index (χ0n) is 12.2. The lowest BCUT2D eigenvalue weighted by atomic mass is 10.1. The molecule has 21 heavy (non-hydrogen) atoms. The Kier molecular flexibility index (Phi) is 5.92. The van der Waals surface area contributed by atoms with Gasteiger partial charge in [0.2, 0.25) is 0 Å². The maximum absolute atomic E-state index is 6.28. The third-order valence-electron chi connectivity index (χ3n) is 3.28. The normalized spacial score (nSPS) is 10.7. The topological polar surface area (TPSA) is 21.3 Å². The van der Waals surface area contributed by atoms with Gasteiger partial charge in [-0.25, -0.2) is 0 Å². The number of rotatable bonds is 6. The number of nitrogens with one attached hydrogen (secondary N) is 1. The van der Waals surface area contributed by atoms with Crippen LogP contribution in [-0.2, 0) is 13.2 Å². The van der Waals surface area contributed by atoms with Gasteiger partial charge < -0.3 is 10.1 Å².